The van der Waals surface area contributed by atoms with Gasteiger partial charge in [-0.25, -0.2) is 0 Å². The number of hydrogen-bond donors (Lipinski definition) is 2. The van der Waals surface area contributed by atoms with Crippen LogP contribution in [0.1, 0.15) is 24.8 Å². The molecule has 1 aliphatic carbocycles. The van der Waals surface area contributed by atoms with Crippen LogP contribution in [-0.2, 0) is 16.1 Å². The third-order valence-corrected chi connectivity index (χ3v) is 5.02. The summed E-state index contributed by atoms with van der Waals surface area (Å²) in [5.41, 5.74) is 1.19. The van der Waals surface area contributed by atoms with Gasteiger partial charge in [-0.2, -0.15) is 0 Å². The molecule has 2 amide bonds. The van der Waals surface area contributed by atoms with Crippen LogP contribution in [0.5, 0.6) is 0 Å². The third kappa shape index (κ3) is 3.66. The van der Waals surface area contributed by atoms with Crippen LogP contribution in [-0.4, -0.2) is 41.9 Å². The topological polar surface area (TPSA) is 61.4 Å². The summed E-state index contributed by atoms with van der Waals surface area (Å²) in [6.07, 6.45) is 2.34. The summed E-state index contributed by atoms with van der Waals surface area (Å²) in [4.78, 5) is 26.7. The van der Waals surface area contributed by atoms with Gasteiger partial charge >= 0.3 is 0 Å². The monoisotopic (exact) mass is 337 g/mol. The van der Waals surface area contributed by atoms with E-state index in [2.05, 4.69) is 45.9 Å². The van der Waals surface area contributed by atoms with E-state index in [1.54, 1.807) is 0 Å². The van der Waals surface area contributed by atoms with Crippen molar-refractivity contribution in [2.45, 2.75) is 37.9 Å². The van der Waals surface area contributed by atoms with Crippen LogP contribution < -0.4 is 10.6 Å². The van der Waals surface area contributed by atoms with Crippen molar-refractivity contribution in [3.05, 3.63) is 48.0 Å². The number of amides is 2. The first kappa shape index (κ1) is 16.1. The SMILES string of the molecule is O=C(CC1C(=O)NCCN1Cc1cccc2ccccc12)NC1CC1. The Hall–Kier alpha value is -2.40. The second-order valence-electron chi connectivity index (χ2n) is 6.96. The van der Waals surface area contributed by atoms with Gasteiger partial charge in [0.25, 0.3) is 0 Å². The van der Waals surface area contributed by atoms with Crippen LogP contribution in [0.25, 0.3) is 10.8 Å². The number of piperazine rings is 1. The van der Waals surface area contributed by atoms with Crippen molar-refractivity contribution in [3.8, 4) is 0 Å². The van der Waals surface area contributed by atoms with E-state index in [-0.39, 0.29) is 18.2 Å². The quantitative estimate of drug-likeness (QED) is 0.875. The molecule has 2 N–H and O–H groups in total. The maximum Gasteiger partial charge on any atom is 0.237 e. The Morgan fingerprint density at radius 1 is 1.16 bits per heavy atom. The lowest BCUT2D eigenvalue weighted by atomic mass is 10.0. The summed E-state index contributed by atoms with van der Waals surface area (Å²) in [7, 11) is 0. The molecule has 5 heteroatoms. The molecule has 1 atom stereocenters. The van der Waals surface area contributed by atoms with Crippen LogP contribution in [0.15, 0.2) is 42.5 Å². The summed E-state index contributed by atoms with van der Waals surface area (Å²) in [6.45, 7) is 2.07. The summed E-state index contributed by atoms with van der Waals surface area (Å²) >= 11 is 0. The number of carbonyl (C=O) groups excluding carboxylic acids is 2. The second-order valence-corrected chi connectivity index (χ2v) is 6.96. The van der Waals surface area contributed by atoms with Gasteiger partial charge in [0.2, 0.25) is 11.8 Å². The molecular weight excluding hydrogens is 314 g/mol. The lowest BCUT2D eigenvalue weighted by molar-refractivity contribution is -0.134. The first-order valence-corrected chi connectivity index (χ1v) is 8.98. The zero-order valence-electron chi connectivity index (χ0n) is 14.2. The standard InChI is InChI=1S/C20H23N3O2/c24-19(22-16-8-9-16)12-18-20(25)21-10-11-23(18)13-15-6-3-5-14-4-1-2-7-17(14)15/h1-7,16,18H,8-13H2,(H,21,25)(H,22,24). The number of rotatable bonds is 5. The number of nitrogens with one attached hydrogen (secondary N) is 2. The van der Waals surface area contributed by atoms with Crippen LogP contribution >= 0.6 is 0 Å². The van der Waals surface area contributed by atoms with Crippen molar-refractivity contribution < 1.29 is 9.59 Å². The number of benzene rings is 2. The van der Waals surface area contributed by atoms with Crippen molar-refractivity contribution in [2.24, 2.45) is 0 Å². The molecule has 5 nitrogen and oxygen atoms in total. The molecule has 2 aliphatic rings. The van der Waals surface area contributed by atoms with E-state index in [1.807, 2.05) is 12.1 Å². The van der Waals surface area contributed by atoms with E-state index < -0.39 is 6.04 Å². The molecule has 0 radical (unpaired) electrons. The number of fused-ring (bicyclic) bond motifs is 1. The van der Waals surface area contributed by atoms with E-state index in [0.717, 1.165) is 19.4 Å². The number of hydrogen-bond acceptors (Lipinski definition) is 3. The Morgan fingerprint density at radius 3 is 2.80 bits per heavy atom. The minimum Gasteiger partial charge on any atom is -0.353 e. The molecule has 0 bridgehead atoms. The maximum absolute atomic E-state index is 12.4. The smallest absolute Gasteiger partial charge is 0.237 e. The molecule has 1 aliphatic heterocycles. The van der Waals surface area contributed by atoms with Crippen molar-refractivity contribution >= 4 is 22.6 Å². The molecule has 1 heterocycles. The van der Waals surface area contributed by atoms with Gasteiger partial charge in [-0.15, -0.1) is 0 Å². The zero-order chi connectivity index (χ0) is 17.2. The van der Waals surface area contributed by atoms with Crippen LogP contribution in [0.3, 0.4) is 0 Å². The Morgan fingerprint density at radius 2 is 1.96 bits per heavy atom. The Bertz CT molecular complexity index is 795. The second kappa shape index (κ2) is 6.84. The van der Waals surface area contributed by atoms with Gasteiger partial charge in [0.05, 0.1) is 12.5 Å². The van der Waals surface area contributed by atoms with Crippen LogP contribution in [0.4, 0.5) is 0 Å². The molecule has 0 aromatic heterocycles. The highest BCUT2D eigenvalue weighted by atomic mass is 16.2. The molecule has 1 saturated carbocycles. The van der Waals surface area contributed by atoms with Gasteiger partial charge in [0, 0.05) is 25.7 Å². The van der Waals surface area contributed by atoms with Gasteiger partial charge in [-0.1, -0.05) is 42.5 Å². The normalized spacial score (nSPS) is 21.1. The lowest BCUT2D eigenvalue weighted by Gasteiger charge is -2.35. The molecular formula is C20H23N3O2. The van der Waals surface area contributed by atoms with Gasteiger partial charge in [0.1, 0.15) is 0 Å². The molecule has 1 saturated heterocycles. The summed E-state index contributed by atoms with van der Waals surface area (Å²) < 4.78 is 0. The van der Waals surface area contributed by atoms with E-state index in [4.69, 9.17) is 0 Å². The fourth-order valence-corrected chi connectivity index (χ4v) is 3.51. The van der Waals surface area contributed by atoms with E-state index in [0.29, 0.717) is 19.1 Å². The first-order valence-electron chi connectivity index (χ1n) is 8.98. The molecule has 1 unspecified atom stereocenters. The molecule has 2 fully saturated rings. The number of nitrogens with zero attached hydrogens (tertiary/aromatic N) is 1. The van der Waals surface area contributed by atoms with Crippen LogP contribution in [0, 0.1) is 0 Å². The average Bonchev–Trinajstić information content (AvgIpc) is 3.42. The van der Waals surface area contributed by atoms with E-state index in [9.17, 15) is 9.59 Å². The molecule has 130 valence electrons. The fourth-order valence-electron chi connectivity index (χ4n) is 3.51. The first-order chi connectivity index (χ1) is 12.2. The number of carbonyl (C=O) groups is 2. The summed E-state index contributed by atoms with van der Waals surface area (Å²) in [6, 6.07) is 14.5. The molecule has 2 aromatic carbocycles. The fraction of sp³-hybridized carbons (Fsp3) is 0.400. The lowest BCUT2D eigenvalue weighted by Crippen LogP contribution is -2.56. The van der Waals surface area contributed by atoms with Gasteiger partial charge in [-0.05, 0) is 29.2 Å². The predicted octanol–water partition coefficient (Wildman–Crippen LogP) is 1.81. The predicted molar refractivity (Wildman–Crippen MR) is 96.9 cm³/mol. The zero-order valence-corrected chi connectivity index (χ0v) is 14.2. The van der Waals surface area contributed by atoms with E-state index in [1.165, 1.54) is 16.3 Å². The summed E-state index contributed by atoms with van der Waals surface area (Å²) in [5.74, 6) is -0.0649. The molecule has 4 rings (SSSR count). The summed E-state index contributed by atoms with van der Waals surface area (Å²) in [5, 5.41) is 8.29. The van der Waals surface area contributed by atoms with Gasteiger partial charge in [-0.3, -0.25) is 14.5 Å². The molecule has 0 spiro atoms. The highest BCUT2D eigenvalue weighted by Gasteiger charge is 2.33. The van der Waals surface area contributed by atoms with E-state index >= 15 is 0 Å². The van der Waals surface area contributed by atoms with Gasteiger partial charge < -0.3 is 10.6 Å². The van der Waals surface area contributed by atoms with Crippen molar-refractivity contribution in [2.75, 3.05) is 13.1 Å². The third-order valence-electron chi connectivity index (χ3n) is 5.02. The minimum atomic E-state index is -0.397. The Labute approximate surface area is 147 Å². The van der Waals surface area contributed by atoms with Crippen molar-refractivity contribution in [1.82, 2.24) is 15.5 Å². The highest BCUT2D eigenvalue weighted by Crippen LogP contribution is 2.23. The molecule has 25 heavy (non-hydrogen) atoms. The highest BCUT2D eigenvalue weighted by molar-refractivity contribution is 5.89. The van der Waals surface area contributed by atoms with Crippen LogP contribution in [0.2, 0.25) is 0 Å². The molecule has 2 aromatic rings. The minimum absolute atomic E-state index is 0.0209. The Balaban J connectivity index is 1.53. The van der Waals surface area contributed by atoms with Crippen molar-refractivity contribution in [1.29, 1.82) is 0 Å². The Kier molecular flexibility index (Phi) is 4.40. The maximum atomic E-state index is 12.4. The van der Waals surface area contributed by atoms with Gasteiger partial charge in [0.15, 0.2) is 0 Å². The largest absolute Gasteiger partial charge is 0.353 e. The average molecular weight is 337 g/mol. The van der Waals surface area contributed by atoms with Crippen molar-refractivity contribution in [3.63, 3.8) is 0 Å².